The predicted molar refractivity (Wildman–Crippen MR) is 95.0 cm³/mol. The van der Waals surface area contributed by atoms with Crippen molar-refractivity contribution in [3.05, 3.63) is 82.1 Å². The molecule has 1 N–H and O–H groups in total. The van der Waals surface area contributed by atoms with Gasteiger partial charge in [-0.2, -0.15) is 0 Å². The largest absolute Gasteiger partial charge is 0.350 e. The van der Waals surface area contributed by atoms with Crippen molar-refractivity contribution in [1.29, 1.82) is 0 Å². The average molecular weight is 355 g/mol. The molecule has 25 heavy (non-hydrogen) atoms. The maximum Gasteiger partial charge on any atom is 0.254 e. The summed E-state index contributed by atoms with van der Waals surface area (Å²) in [5.41, 5.74) is 1.92. The Morgan fingerprint density at radius 3 is 2.68 bits per heavy atom. The number of pyridine rings is 1. The number of aromatic nitrogens is 3. The minimum Gasteiger partial charge on any atom is -0.350 e. The van der Waals surface area contributed by atoms with Gasteiger partial charge in [-0.05, 0) is 23.8 Å². The second-order valence-electron chi connectivity index (χ2n) is 5.39. The van der Waals surface area contributed by atoms with Crippen LogP contribution in [0.25, 0.3) is 11.3 Å². The highest BCUT2D eigenvalue weighted by molar-refractivity contribution is 6.30. The van der Waals surface area contributed by atoms with Gasteiger partial charge in [-0.1, -0.05) is 29.8 Å². The zero-order valence-electron chi connectivity index (χ0n) is 13.2. The summed E-state index contributed by atoms with van der Waals surface area (Å²) in [5.74, 6) is -0.271. The molecule has 1 aromatic carbocycles. The smallest absolute Gasteiger partial charge is 0.254 e. The van der Waals surface area contributed by atoms with Gasteiger partial charge in [0.05, 0.1) is 12.0 Å². The van der Waals surface area contributed by atoms with Gasteiger partial charge in [-0.25, -0.2) is 4.98 Å². The number of nitrogens with one attached hydrogen (secondary N) is 1. The maximum atomic E-state index is 12.2. The van der Waals surface area contributed by atoms with Crippen LogP contribution in [0, 0.1) is 0 Å². The van der Waals surface area contributed by atoms with Gasteiger partial charge in [0, 0.05) is 35.6 Å². The van der Waals surface area contributed by atoms with E-state index in [0.717, 1.165) is 11.1 Å². The van der Waals surface area contributed by atoms with Crippen LogP contribution in [-0.4, -0.2) is 20.4 Å². The van der Waals surface area contributed by atoms with Gasteiger partial charge in [0.25, 0.3) is 5.56 Å². The van der Waals surface area contributed by atoms with Crippen LogP contribution in [0.3, 0.4) is 0 Å². The van der Waals surface area contributed by atoms with Crippen LogP contribution in [0.5, 0.6) is 0 Å². The molecule has 0 aliphatic carbocycles. The maximum absolute atomic E-state index is 12.2. The van der Waals surface area contributed by atoms with Crippen LogP contribution < -0.4 is 10.9 Å². The van der Waals surface area contributed by atoms with Crippen molar-refractivity contribution >= 4 is 17.5 Å². The highest BCUT2D eigenvalue weighted by Crippen LogP contribution is 2.17. The molecule has 0 fully saturated rings. The Morgan fingerprint density at radius 1 is 1.20 bits per heavy atom. The highest BCUT2D eigenvalue weighted by Gasteiger charge is 2.07. The van der Waals surface area contributed by atoms with Crippen molar-refractivity contribution in [3.63, 3.8) is 0 Å². The molecule has 2 aromatic heterocycles. The molecule has 0 saturated carbocycles. The number of nitrogens with zero attached hydrogens (tertiary/aromatic N) is 3. The number of benzene rings is 1. The fraction of sp³-hybridized carbons (Fsp3) is 0.111. The first kappa shape index (κ1) is 16.9. The van der Waals surface area contributed by atoms with Crippen LogP contribution in [0.15, 0.2) is 66.0 Å². The first-order valence-corrected chi connectivity index (χ1v) is 7.97. The topological polar surface area (TPSA) is 76.9 Å². The molecule has 0 radical (unpaired) electrons. The molecule has 0 spiro atoms. The number of hydrogen-bond donors (Lipinski definition) is 1. The Morgan fingerprint density at radius 2 is 2.00 bits per heavy atom. The quantitative estimate of drug-likeness (QED) is 0.762. The van der Waals surface area contributed by atoms with Crippen LogP contribution >= 0.6 is 11.6 Å². The summed E-state index contributed by atoms with van der Waals surface area (Å²) in [6.07, 6.45) is 4.71. The number of carbonyl (C=O) groups is 1. The van der Waals surface area contributed by atoms with E-state index in [1.165, 1.54) is 17.0 Å². The van der Waals surface area contributed by atoms with E-state index in [9.17, 15) is 9.59 Å². The molecule has 0 atom stereocenters. The third kappa shape index (κ3) is 4.51. The zero-order valence-corrected chi connectivity index (χ0v) is 14.0. The van der Waals surface area contributed by atoms with Crippen molar-refractivity contribution in [1.82, 2.24) is 19.9 Å². The van der Waals surface area contributed by atoms with E-state index in [1.807, 2.05) is 6.07 Å². The Bertz CT molecular complexity index is 924. The lowest BCUT2D eigenvalue weighted by molar-refractivity contribution is -0.121. The summed E-state index contributed by atoms with van der Waals surface area (Å²) in [6.45, 7) is 0.269. The summed E-state index contributed by atoms with van der Waals surface area (Å²) in [5, 5.41) is 3.36. The van der Waals surface area contributed by atoms with E-state index in [1.54, 1.807) is 42.7 Å². The fourth-order valence-corrected chi connectivity index (χ4v) is 2.36. The van der Waals surface area contributed by atoms with Gasteiger partial charge >= 0.3 is 0 Å². The molecule has 2 heterocycles. The average Bonchev–Trinajstić information content (AvgIpc) is 2.63. The molecule has 7 heteroatoms. The van der Waals surface area contributed by atoms with E-state index in [-0.39, 0.29) is 18.0 Å². The normalized spacial score (nSPS) is 10.4. The van der Waals surface area contributed by atoms with E-state index in [4.69, 9.17) is 11.6 Å². The number of hydrogen-bond acceptors (Lipinski definition) is 4. The molecular weight excluding hydrogens is 340 g/mol. The molecule has 3 aromatic rings. The van der Waals surface area contributed by atoms with Gasteiger partial charge in [-0.15, -0.1) is 0 Å². The first-order valence-electron chi connectivity index (χ1n) is 7.60. The Balaban J connectivity index is 1.66. The van der Waals surface area contributed by atoms with Crippen LogP contribution in [0.2, 0.25) is 5.02 Å². The molecule has 0 aliphatic heterocycles. The second-order valence-corrected chi connectivity index (χ2v) is 5.82. The number of carbonyl (C=O) groups excluding carboxylic acids is 1. The lowest BCUT2D eigenvalue weighted by atomic mass is 10.1. The summed E-state index contributed by atoms with van der Waals surface area (Å²) in [6, 6.07) is 12.1. The SMILES string of the molecule is O=C(Cn1cnc(-c2ccc(Cl)cc2)cc1=O)NCc1cccnc1. The highest BCUT2D eigenvalue weighted by atomic mass is 35.5. The first-order chi connectivity index (χ1) is 12.1. The monoisotopic (exact) mass is 354 g/mol. The molecule has 1 amide bonds. The van der Waals surface area contributed by atoms with Gasteiger partial charge in [0.15, 0.2) is 0 Å². The van der Waals surface area contributed by atoms with Crippen molar-refractivity contribution < 1.29 is 4.79 Å². The molecule has 0 aliphatic rings. The molecular formula is C18H15ClN4O2. The van der Waals surface area contributed by atoms with Crippen LogP contribution in [-0.2, 0) is 17.9 Å². The van der Waals surface area contributed by atoms with Gasteiger partial charge in [0.2, 0.25) is 5.91 Å². The van der Waals surface area contributed by atoms with Crippen LogP contribution in [0.4, 0.5) is 0 Å². The zero-order chi connectivity index (χ0) is 17.6. The van der Waals surface area contributed by atoms with Gasteiger partial charge in [0.1, 0.15) is 6.54 Å². The molecule has 0 saturated heterocycles. The Kier molecular flexibility index (Phi) is 5.20. The van der Waals surface area contributed by atoms with Crippen molar-refractivity contribution in [2.75, 3.05) is 0 Å². The minimum absolute atomic E-state index is 0.0903. The van der Waals surface area contributed by atoms with Crippen LogP contribution in [0.1, 0.15) is 5.56 Å². The predicted octanol–water partition coefficient (Wildman–Crippen LogP) is 2.28. The minimum atomic E-state index is -0.295. The second kappa shape index (κ2) is 7.72. The van der Waals surface area contributed by atoms with E-state index >= 15 is 0 Å². The summed E-state index contributed by atoms with van der Waals surface area (Å²) < 4.78 is 1.26. The van der Waals surface area contributed by atoms with E-state index in [0.29, 0.717) is 17.3 Å². The van der Waals surface area contributed by atoms with Crippen molar-refractivity contribution in [3.8, 4) is 11.3 Å². The standard InChI is InChI=1S/C18H15ClN4O2/c19-15-5-3-14(4-6-15)16-8-18(25)23(12-22-16)11-17(24)21-10-13-2-1-7-20-9-13/h1-9,12H,10-11H2,(H,21,24). The summed E-state index contributed by atoms with van der Waals surface area (Å²) >= 11 is 5.85. The Labute approximate surface area is 149 Å². The summed E-state index contributed by atoms with van der Waals surface area (Å²) in [7, 11) is 0. The number of halogens is 1. The third-order valence-electron chi connectivity index (χ3n) is 3.55. The van der Waals surface area contributed by atoms with E-state index in [2.05, 4.69) is 15.3 Å². The number of amides is 1. The summed E-state index contributed by atoms with van der Waals surface area (Å²) in [4.78, 5) is 32.4. The van der Waals surface area contributed by atoms with Gasteiger partial charge in [-0.3, -0.25) is 19.1 Å². The fourth-order valence-electron chi connectivity index (χ4n) is 2.24. The van der Waals surface area contributed by atoms with Crippen molar-refractivity contribution in [2.24, 2.45) is 0 Å². The molecule has 126 valence electrons. The van der Waals surface area contributed by atoms with Crippen molar-refractivity contribution in [2.45, 2.75) is 13.1 Å². The molecule has 3 rings (SSSR count). The van der Waals surface area contributed by atoms with Gasteiger partial charge < -0.3 is 5.32 Å². The molecule has 6 nitrogen and oxygen atoms in total. The molecule has 0 bridgehead atoms. The Hall–Kier alpha value is -2.99. The lowest BCUT2D eigenvalue weighted by Gasteiger charge is -2.08. The number of rotatable bonds is 5. The molecule has 0 unspecified atom stereocenters. The lowest BCUT2D eigenvalue weighted by Crippen LogP contribution is -2.31. The third-order valence-corrected chi connectivity index (χ3v) is 3.80. The van der Waals surface area contributed by atoms with E-state index < -0.39 is 0 Å².